The number of carbonyl (C=O) groups excluding carboxylic acids is 2. The number of para-hydroxylation sites is 1. The molecular formula is C19H18N2O2. The summed E-state index contributed by atoms with van der Waals surface area (Å²) >= 11 is 0. The molecule has 0 saturated carbocycles. The van der Waals surface area contributed by atoms with E-state index in [2.05, 4.69) is 0 Å². The van der Waals surface area contributed by atoms with Crippen molar-refractivity contribution in [2.75, 3.05) is 23.4 Å². The van der Waals surface area contributed by atoms with Gasteiger partial charge in [-0.05, 0) is 48.2 Å². The molecule has 0 unspecified atom stereocenters. The van der Waals surface area contributed by atoms with E-state index in [9.17, 15) is 9.59 Å². The van der Waals surface area contributed by atoms with E-state index in [4.69, 9.17) is 0 Å². The third-order valence-electron chi connectivity index (χ3n) is 4.70. The second kappa shape index (κ2) is 5.23. The Balaban J connectivity index is 1.72. The average Bonchev–Trinajstić information content (AvgIpc) is 2.92. The molecule has 0 saturated heterocycles. The number of anilines is 2. The average molecular weight is 306 g/mol. The normalized spacial score (nSPS) is 15.5. The van der Waals surface area contributed by atoms with Crippen LogP contribution in [0, 0.1) is 0 Å². The van der Waals surface area contributed by atoms with Crippen molar-refractivity contribution >= 4 is 23.2 Å². The topological polar surface area (TPSA) is 40.6 Å². The van der Waals surface area contributed by atoms with Gasteiger partial charge in [-0.2, -0.15) is 0 Å². The molecule has 4 nitrogen and oxygen atoms in total. The van der Waals surface area contributed by atoms with Gasteiger partial charge in [0, 0.05) is 24.8 Å². The maximum Gasteiger partial charge on any atom is 0.258 e. The Morgan fingerprint density at radius 1 is 1.13 bits per heavy atom. The zero-order valence-corrected chi connectivity index (χ0v) is 13.1. The molecule has 2 aliphatic heterocycles. The molecule has 0 aromatic heterocycles. The monoisotopic (exact) mass is 306 g/mol. The first-order valence-electron chi connectivity index (χ1n) is 7.94. The number of nitrogens with zero attached hydrogens (tertiary/aromatic N) is 2. The van der Waals surface area contributed by atoms with Crippen molar-refractivity contribution in [2.45, 2.75) is 19.3 Å². The van der Waals surface area contributed by atoms with Gasteiger partial charge in [0.15, 0.2) is 0 Å². The van der Waals surface area contributed by atoms with Crippen LogP contribution in [0.25, 0.3) is 0 Å². The molecule has 0 atom stereocenters. The van der Waals surface area contributed by atoms with Crippen molar-refractivity contribution < 1.29 is 9.59 Å². The lowest BCUT2D eigenvalue weighted by Crippen LogP contribution is -2.31. The molecule has 2 amide bonds. The van der Waals surface area contributed by atoms with Crippen molar-refractivity contribution in [2.24, 2.45) is 0 Å². The van der Waals surface area contributed by atoms with E-state index in [1.165, 1.54) is 0 Å². The van der Waals surface area contributed by atoms with E-state index in [1.54, 1.807) is 11.9 Å². The Morgan fingerprint density at radius 2 is 1.87 bits per heavy atom. The lowest BCUT2D eigenvalue weighted by atomic mass is 9.96. The van der Waals surface area contributed by atoms with Gasteiger partial charge in [0.25, 0.3) is 5.91 Å². The summed E-state index contributed by atoms with van der Waals surface area (Å²) in [5.41, 5.74) is 4.72. The fourth-order valence-corrected chi connectivity index (χ4v) is 3.57. The van der Waals surface area contributed by atoms with E-state index < -0.39 is 0 Å². The number of hydrogen-bond acceptors (Lipinski definition) is 2. The Bertz CT molecular complexity index is 799. The van der Waals surface area contributed by atoms with Crippen molar-refractivity contribution in [1.82, 2.24) is 0 Å². The predicted octanol–water partition coefficient (Wildman–Crippen LogP) is 2.80. The fraction of sp³-hybridized carbons (Fsp3) is 0.263. The van der Waals surface area contributed by atoms with Gasteiger partial charge < -0.3 is 9.80 Å². The molecular weight excluding hydrogens is 288 g/mol. The fourth-order valence-electron chi connectivity index (χ4n) is 3.57. The zero-order valence-electron chi connectivity index (χ0n) is 13.1. The summed E-state index contributed by atoms with van der Waals surface area (Å²) in [5.74, 6) is 0.119. The quantitative estimate of drug-likeness (QED) is 0.856. The minimum absolute atomic E-state index is 0.0354. The van der Waals surface area contributed by atoms with Crippen LogP contribution in [0.5, 0.6) is 0 Å². The maximum atomic E-state index is 12.8. The van der Waals surface area contributed by atoms with Gasteiger partial charge in [-0.25, -0.2) is 0 Å². The summed E-state index contributed by atoms with van der Waals surface area (Å²) in [4.78, 5) is 28.5. The molecule has 0 aliphatic carbocycles. The van der Waals surface area contributed by atoms with Crippen molar-refractivity contribution in [3.8, 4) is 0 Å². The number of carbonyl (C=O) groups is 2. The molecule has 4 rings (SSSR count). The smallest absolute Gasteiger partial charge is 0.258 e. The van der Waals surface area contributed by atoms with Gasteiger partial charge in [0.05, 0.1) is 12.1 Å². The van der Waals surface area contributed by atoms with Crippen LogP contribution in [-0.2, 0) is 17.6 Å². The second-order valence-corrected chi connectivity index (χ2v) is 6.17. The van der Waals surface area contributed by atoms with Crippen LogP contribution in [0.1, 0.15) is 27.9 Å². The second-order valence-electron chi connectivity index (χ2n) is 6.17. The summed E-state index contributed by atoms with van der Waals surface area (Å²) < 4.78 is 0. The van der Waals surface area contributed by atoms with E-state index in [0.29, 0.717) is 12.0 Å². The molecule has 23 heavy (non-hydrogen) atoms. The zero-order chi connectivity index (χ0) is 16.0. The summed E-state index contributed by atoms with van der Waals surface area (Å²) in [7, 11) is 1.79. The highest BCUT2D eigenvalue weighted by atomic mass is 16.2. The first-order valence-corrected chi connectivity index (χ1v) is 7.94. The minimum Gasteiger partial charge on any atom is -0.312 e. The van der Waals surface area contributed by atoms with Crippen molar-refractivity contribution in [1.29, 1.82) is 0 Å². The first-order chi connectivity index (χ1) is 11.1. The van der Waals surface area contributed by atoms with Crippen molar-refractivity contribution in [3.05, 3.63) is 59.2 Å². The van der Waals surface area contributed by atoms with Crippen LogP contribution in [-0.4, -0.2) is 25.4 Å². The molecule has 0 radical (unpaired) electrons. The van der Waals surface area contributed by atoms with Crippen LogP contribution in [0.4, 0.5) is 11.4 Å². The van der Waals surface area contributed by atoms with Gasteiger partial charge >= 0.3 is 0 Å². The highest BCUT2D eigenvalue weighted by Crippen LogP contribution is 2.37. The molecule has 2 aliphatic rings. The largest absolute Gasteiger partial charge is 0.312 e. The number of aryl methyl sites for hydroxylation is 1. The summed E-state index contributed by atoms with van der Waals surface area (Å²) in [6.07, 6.45) is 2.31. The van der Waals surface area contributed by atoms with Crippen LogP contribution in [0.3, 0.4) is 0 Å². The molecule has 0 N–H and O–H groups in total. The van der Waals surface area contributed by atoms with Gasteiger partial charge in [0.1, 0.15) is 0 Å². The summed E-state index contributed by atoms with van der Waals surface area (Å²) in [6, 6.07) is 13.5. The standard InChI is InChI=1S/C19H18N2O2/c1-20(16-7-3-2-4-8-16)19(23)15-10-13-6-5-9-21-17(22)12-14(11-15)18(13)21/h2-4,7-8,10-11H,5-6,9,12H2,1H3. The van der Waals surface area contributed by atoms with Crippen LogP contribution in [0.2, 0.25) is 0 Å². The summed E-state index contributed by atoms with van der Waals surface area (Å²) in [6.45, 7) is 0.802. The van der Waals surface area contributed by atoms with E-state index in [0.717, 1.165) is 41.9 Å². The van der Waals surface area contributed by atoms with E-state index >= 15 is 0 Å². The number of amides is 2. The third-order valence-corrected chi connectivity index (χ3v) is 4.70. The molecule has 2 aromatic carbocycles. The van der Waals surface area contributed by atoms with Crippen LogP contribution in [0.15, 0.2) is 42.5 Å². The first kappa shape index (κ1) is 14.0. The Labute approximate surface area is 135 Å². The highest BCUT2D eigenvalue weighted by Gasteiger charge is 2.33. The Hall–Kier alpha value is -2.62. The molecule has 2 heterocycles. The van der Waals surface area contributed by atoms with Gasteiger partial charge in [-0.3, -0.25) is 9.59 Å². The molecule has 0 bridgehead atoms. The number of rotatable bonds is 2. The minimum atomic E-state index is -0.0354. The number of hydrogen-bond donors (Lipinski definition) is 0. The molecule has 4 heteroatoms. The predicted molar refractivity (Wildman–Crippen MR) is 90.0 cm³/mol. The van der Waals surface area contributed by atoms with Crippen LogP contribution >= 0.6 is 0 Å². The Kier molecular flexibility index (Phi) is 3.18. The maximum absolute atomic E-state index is 12.8. The molecule has 2 aromatic rings. The SMILES string of the molecule is CN(C(=O)c1cc2c3c(c1)CC(=O)N3CCC2)c1ccccc1. The highest BCUT2D eigenvalue weighted by molar-refractivity contribution is 6.08. The van der Waals surface area contributed by atoms with Gasteiger partial charge in [0.2, 0.25) is 5.91 Å². The molecule has 0 spiro atoms. The number of benzene rings is 2. The van der Waals surface area contributed by atoms with Gasteiger partial charge in [-0.15, -0.1) is 0 Å². The molecule has 116 valence electrons. The lowest BCUT2D eigenvalue weighted by molar-refractivity contribution is -0.117. The van der Waals surface area contributed by atoms with E-state index in [1.807, 2.05) is 47.4 Å². The van der Waals surface area contributed by atoms with Crippen molar-refractivity contribution in [3.63, 3.8) is 0 Å². The van der Waals surface area contributed by atoms with Crippen LogP contribution < -0.4 is 9.80 Å². The van der Waals surface area contributed by atoms with E-state index in [-0.39, 0.29) is 11.8 Å². The third kappa shape index (κ3) is 2.22. The summed E-state index contributed by atoms with van der Waals surface area (Å²) in [5, 5.41) is 0. The van der Waals surface area contributed by atoms with Gasteiger partial charge in [-0.1, -0.05) is 18.2 Å². The Morgan fingerprint density at radius 3 is 2.65 bits per heavy atom. The molecule has 0 fully saturated rings. The lowest BCUT2D eigenvalue weighted by Gasteiger charge is -2.26.